The molecule has 4 heterocycles. The van der Waals surface area contributed by atoms with Crippen molar-refractivity contribution in [3.8, 4) is 0 Å². The second kappa shape index (κ2) is 24.8. The minimum atomic E-state index is -3.94. The van der Waals surface area contributed by atoms with Crippen molar-refractivity contribution < 1.29 is 72.1 Å². The molecular weight excluding hydrogens is 975 g/mol. The topological polar surface area (TPSA) is 300 Å². The number of nitrogens with zero attached hydrogens (tertiary/aromatic N) is 6. The van der Waals surface area contributed by atoms with Crippen LogP contribution in [0.5, 0.6) is 0 Å². The third-order valence-electron chi connectivity index (χ3n) is 15.4. The first-order valence-corrected chi connectivity index (χ1v) is 26.8. The number of likely N-dealkylation sites (N-methyl/N-ethyl adjacent to an activating group) is 2. The van der Waals surface area contributed by atoms with E-state index in [-0.39, 0.29) is 48.9 Å². The van der Waals surface area contributed by atoms with Gasteiger partial charge >= 0.3 is 5.97 Å². The lowest BCUT2D eigenvalue weighted by molar-refractivity contribution is -0.384. The second-order valence-electron chi connectivity index (χ2n) is 21.6. The van der Waals surface area contributed by atoms with Crippen molar-refractivity contribution in [2.24, 2.45) is 17.8 Å². The van der Waals surface area contributed by atoms with Crippen LogP contribution in [0.2, 0.25) is 0 Å². The number of ether oxygens (including phenoxy) is 6. The zero-order valence-electron chi connectivity index (χ0n) is 44.7. The van der Waals surface area contributed by atoms with E-state index in [0.29, 0.717) is 31.6 Å². The number of carbonyl (C=O) groups is 1. The standard InChI is InChI=1S/C49H83N7O16S/c1-14-38-49(10,62)42(58)32(6)54(12)26-28(2)24-47(8,61)44(30(4)41(31(5)45(60)70-38)71-39-25-48(9,67-13)43(59)33(7)69-39)72-46-40(57)37(23-29(3)68-46)53(11)21-19-34-27-55(52-51-34)22-20-50-73(65,66)36-17-15-35(16-18-36)56(63)64/h15-18,27-33,37-44,46,50,57-59,61-62H,14,19-26H2,1-13H3/t28-,29-,30+,31-,32-,33+,37+,38-,39+,40-,41+,42-,43+,44-,46+,47-,48-,49-/m1/s1. The summed E-state index contributed by atoms with van der Waals surface area (Å²) in [6.07, 6.45) is -7.54. The van der Waals surface area contributed by atoms with Crippen LogP contribution in [0.25, 0.3) is 0 Å². The minimum Gasteiger partial charge on any atom is -0.459 e. The number of sulfonamides is 1. The van der Waals surface area contributed by atoms with Crippen LogP contribution >= 0.6 is 0 Å². The van der Waals surface area contributed by atoms with Gasteiger partial charge in [-0.3, -0.25) is 19.6 Å². The SMILES string of the molecule is CC[C@H]1OC(=O)[C@H](C)[C@@H](O[C@H]2C[C@@](C)(OC)[C@@H](O)[C@H](C)O2)[C@H](C)[C@@H](O[C@@H]2O[C@H](C)C[C@H](N(C)CCc3cn(CCNS(=O)(=O)c4ccc([N+](=O)[O-])cc4)nn3)[C@H]2O)[C@](C)(O)C[C@@H](C)CN(C)[C@H](C)[C@@H](O)[C@]1(C)O. The number of esters is 1. The fraction of sp³-hybridized carbons (Fsp3) is 0.816. The third kappa shape index (κ3) is 14.6. The molecule has 24 heteroatoms. The number of benzene rings is 1. The molecule has 3 aliphatic rings. The van der Waals surface area contributed by atoms with Gasteiger partial charge in [-0.2, -0.15) is 0 Å². The van der Waals surface area contributed by atoms with Gasteiger partial charge < -0.3 is 63.8 Å². The maximum Gasteiger partial charge on any atom is 0.311 e. The molecule has 3 saturated heterocycles. The molecule has 0 aliphatic carbocycles. The van der Waals surface area contributed by atoms with Crippen LogP contribution in [0, 0.1) is 27.9 Å². The molecule has 5 rings (SSSR count). The molecule has 3 aliphatic heterocycles. The largest absolute Gasteiger partial charge is 0.459 e. The fourth-order valence-corrected chi connectivity index (χ4v) is 11.8. The summed E-state index contributed by atoms with van der Waals surface area (Å²) in [5.41, 5.74) is -4.24. The number of nitro benzene ring substituents is 1. The summed E-state index contributed by atoms with van der Waals surface area (Å²) >= 11 is 0. The number of carbonyl (C=O) groups excluding carboxylic acids is 1. The fourth-order valence-electron chi connectivity index (χ4n) is 10.8. The number of hydrogen-bond donors (Lipinski definition) is 6. The third-order valence-corrected chi connectivity index (χ3v) is 16.9. The van der Waals surface area contributed by atoms with Crippen molar-refractivity contribution in [2.75, 3.05) is 40.8 Å². The van der Waals surface area contributed by atoms with Gasteiger partial charge in [-0.1, -0.05) is 26.0 Å². The maximum absolute atomic E-state index is 14.5. The molecule has 1 aromatic carbocycles. The van der Waals surface area contributed by atoms with Gasteiger partial charge in [0.1, 0.15) is 30.0 Å². The number of aliphatic hydroxyl groups is 5. The number of nitrogens with one attached hydrogen (secondary N) is 1. The highest BCUT2D eigenvalue weighted by Crippen LogP contribution is 2.40. The lowest BCUT2D eigenvalue weighted by Gasteiger charge is -2.49. The Morgan fingerprint density at radius 3 is 2.27 bits per heavy atom. The Kier molecular flexibility index (Phi) is 20.5. The molecule has 0 spiro atoms. The summed E-state index contributed by atoms with van der Waals surface area (Å²) in [6.45, 7) is 18.2. The zero-order chi connectivity index (χ0) is 54.5. The first-order valence-electron chi connectivity index (χ1n) is 25.4. The highest BCUT2D eigenvalue weighted by Gasteiger charge is 2.53. The first-order chi connectivity index (χ1) is 34.0. The van der Waals surface area contributed by atoms with Crippen LogP contribution in [0.3, 0.4) is 0 Å². The van der Waals surface area contributed by atoms with Gasteiger partial charge in [-0.25, -0.2) is 13.1 Å². The molecule has 23 nitrogen and oxygen atoms in total. The molecule has 18 atom stereocenters. The number of methoxy groups -OCH3 is 1. The van der Waals surface area contributed by atoms with Gasteiger partial charge in [-0.15, -0.1) is 5.10 Å². The summed E-state index contributed by atoms with van der Waals surface area (Å²) < 4.78 is 67.6. The van der Waals surface area contributed by atoms with Crippen LogP contribution < -0.4 is 4.72 Å². The number of non-ortho nitro benzene ring substituents is 1. The first kappa shape index (κ1) is 60.5. The van der Waals surface area contributed by atoms with E-state index >= 15 is 0 Å². The molecule has 2 aromatic rings. The lowest BCUT2D eigenvalue weighted by atomic mass is 9.77. The second-order valence-corrected chi connectivity index (χ2v) is 23.3. The van der Waals surface area contributed by atoms with Crippen LogP contribution in [-0.4, -0.2) is 201 Å². The normalized spacial score (nSPS) is 38.9. The van der Waals surface area contributed by atoms with E-state index in [1.54, 1.807) is 54.7 Å². The summed E-state index contributed by atoms with van der Waals surface area (Å²) in [5.74, 6) is -2.93. The van der Waals surface area contributed by atoms with Gasteiger partial charge in [0.05, 0.1) is 63.6 Å². The number of aromatic nitrogens is 3. The quantitative estimate of drug-likeness (QED) is 0.0796. The Morgan fingerprint density at radius 2 is 1.66 bits per heavy atom. The molecular formula is C49H83N7O16S. The maximum atomic E-state index is 14.5. The van der Waals surface area contributed by atoms with Crippen molar-refractivity contribution in [1.82, 2.24) is 29.5 Å². The highest BCUT2D eigenvalue weighted by molar-refractivity contribution is 7.89. The zero-order valence-corrected chi connectivity index (χ0v) is 45.5. The smallest absolute Gasteiger partial charge is 0.311 e. The summed E-state index contributed by atoms with van der Waals surface area (Å²) in [5, 5.41) is 79.0. The molecule has 0 radical (unpaired) electrons. The number of rotatable bonds is 16. The van der Waals surface area contributed by atoms with E-state index in [1.165, 1.54) is 18.7 Å². The predicted molar refractivity (Wildman–Crippen MR) is 265 cm³/mol. The van der Waals surface area contributed by atoms with Gasteiger partial charge in [0.15, 0.2) is 12.6 Å². The Morgan fingerprint density at radius 1 is 1.00 bits per heavy atom. The molecule has 3 fully saturated rings. The Bertz CT molecular complexity index is 2220. The van der Waals surface area contributed by atoms with Crippen LogP contribution in [-0.2, 0) is 56.2 Å². The molecule has 0 unspecified atom stereocenters. The minimum absolute atomic E-state index is 0.0231. The van der Waals surface area contributed by atoms with Gasteiger partial charge in [0, 0.05) is 75.9 Å². The molecule has 73 heavy (non-hydrogen) atoms. The van der Waals surface area contributed by atoms with E-state index in [4.69, 9.17) is 28.4 Å². The number of cyclic esters (lactones) is 1. The van der Waals surface area contributed by atoms with E-state index < -0.39 is 123 Å². The van der Waals surface area contributed by atoms with Gasteiger partial charge in [0.2, 0.25) is 10.0 Å². The summed E-state index contributed by atoms with van der Waals surface area (Å²) in [4.78, 5) is 28.6. The van der Waals surface area contributed by atoms with Crippen LogP contribution in [0.1, 0.15) is 101 Å². The Balaban J connectivity index is 1.38. The molecule has 0 bridgehead atoms. The van der Waals surface area contributed by atoms with Crippen molar-refractivity contribution in [3.05, 3.63) is 46.3 Å². The number of hydrogen-bond acceptors (Lipinski definition) is 20. The summed E-state index contributed by atoms with van der Waals surface area (Å²) in [6, 6.07) is 3.46. The Hall–Kier alpha value is -3.34. The Labute approximate surface area is 430 Å². The average Bonchev–Trinajstić information content (AvgIpc) is 3.79. The average molecular weight is 1060 g/mol. The predicted octanol–water partition coefficient (Wildman–Crippen LogP) is 1.99. The molecule has 0 saturated carbocycles. The van der Waals surface area contributed by atoms with E-state index in [2.05, 4.69) is 15.0 Å². The van der Waals surface area contributed by atoms with Gasteiger partial charge in [-0.05, 0) is 99.9 Å². The molecule has 1 aromatic heterocycles. The van der Waals surface area contributed by atoms with E-state index in [1.807, 2.05) is 37.7 Å². The molecule has 6 N–H and O–H groups in total. The number of nitro groups is 1. The summed E-state index contributed by atoms with van der Waals surface area (Å²) in [7, 11) is 1.21. The lowest BCUT2D eigenvalue weighted by Crippen LogP contribution is -2.61. The van der Waals surface area contributed by atoms with Crippen LogP contribution in [0.15, 0.2) is 35.4 Å². The van der Waals surface area contributed by atoms with E-state index in [0.717, 1.165) is 24.3 Å². The molecule has 0 amide bonds. The van der Waals surface area contributed by atoms with Gasteiger partial charge in [0.25, 0.3) is 5.69 Å². The van der Waals surface area contributed by atoms with Crippen molar-refractivity contribution in [3.63, 3.8) is 0 Å². The van der Waals surface area contributed by atoms with Crippen molar-refractivity contribution in [2.45, 2.75) is 203 Å². The molecule has 416 valence electrons. The van der Waals surface area contributed by atoms with Crippen molar-refractivity contribution in [1.29, 1.82) is 0 Å². The van der Waals surface area contributed by atoms with Crippen molar-refractivity contribution >= 4 is 21.7 Å². The van der Waals surface area contributed by atoms with Crippen LogP contribution in [0.4, 0.5) is 5.69 Å². The highest BCUT2D eigenvalue weighted by atomic mass is 32.2. The monoisotopic (exact) mass is 1060 g/mol. The van der Waals surface area contributed by atoms with E-state index in [9.17, 15) is 48.9 Å². The number of aliphatic hydroxyl groups excluding tert-OH is 3.